The zero-order chi connectivity index (χ0) is 40.0. The number of para-hydroxylation sites is 1. The van der Waals surface area contributed by atoms with Gasteiger partial charge in [0.05, 0.1) is 5.69 Å². The van der Waals surface area contributed by atoms with Gasteiger partial charge in [0.1, 0.15) is 16.7 Å². The highest BCUT2D eigenvalue weighted by Gasteiger charge is 2.36. The number of anilines is 3. The van der Waals surface area contributed by atoms with Crippen molar-refractivity contribution in [3.63, 3.8) is 0 Å². The van der Waals surface area contributed by atoms with Gasteiger partial charge >= 0.3 is 0 Å². The van der Waals surface area contributed by atoms with Gasteiger partial charge in [-0.25, -0.2) is 0 Å². The van der Waals surface area contributed by atoms with Crippen molar-refractivity contribution in [2.45, 2.75) is 19.3 Å². The maximum atomic E-state index is 7.18. The van der Waals surface area contributed by atoms with Gasteiger partial charge in [-0.15, -0.1) is 0 Å². The Labute approximate surface area is 348 Å². The molecule has 0 radical (unpaired) electrons. The van der Waals surface area contributed by atoms with E-state index in [4.69, 9.17) is 8.83 Å². The first-order chi connectivity index (χ1) is 29.5. The Hall–Kier alpha value is -7.62. The van der Waals surface area contributed by atoms with Crippen molar-refractivity contribution < 1.29 is 8.83 Å². The van der Waals surface area contributed by atoms with Crippen molar-refractivity contribution in [3.05, 3.63) is 211 Å². The van der Waals surface area contributed by atoms with E-state index in [1.165, 1.54) is 44.5 Å². The predicted octanol–water partition coefficient (Wildman–Crippen LogP) is 16.3. The molecule has 284 valence electrons. The van der Waals surface area contributed by atoms with E-state index in [1.54, 1.807) is 0 Å². The van der Waals surface area contributed by atoms with E-state index in [-0.39, 0.29) is 5.41 Å². The third-order valence-corrected chi connectivity index (χ3v) is 12.7. The molecule has 12 rings (SSSR count). The molecular weight excluding hydrogens is 731 g/mol. The molecule has 0 N–H and O–H groups in total. The maximum absolute atomic E-state index is 7.18. The van der Waals surface area contributed by atoms with E-state index in [9.17, 15) is 0 Å². The second-order valence-electron chi connectivity index (χ2n) is 16.4. The molecule has 0 atom stereocenters. The van der Waals surface area contributed by atoms with Crippen LogP contribution in [0.15, 0.2) is 209 Å². The zero-order valence-corrected chi connectivity index (χ0v) is 33.3. The Morgan fingerprint density at radius 2 is 0.917 bits per heavy atom. The Balaban J connectivity index is 1.13. The van der Waals surface area contributed by atoms with E-state index < -0.39 is 0 Å². The average molecular weight is 770 g/mol. The standard InChI is InChI=1S/C57H39NO2/c1-57(2)47-19-11-9-17-44(47)45-30-29-42(35-48(45)57)58(41-27-25-39(26-28-41)37-15-7-4-8-16-37)49-32-31-43(40-23-21-38(22-24-40)36-13-5-3-6-14-36)54-55-52(60-56(49)54)34-33-51-53(55)46-18-10-12-20-50(46)59-51/h3-35H,1-2H3. The van der Waals surface area contributed by atoms with Crippen LogP contribution in [0.25, 0.3) is 88.4 Å². The molecule has 3 heteroatoms. The molecular formula is C57H39NO2. The molecule has 1 aliphatic carbocycles. The van der Waals surface area contributed by atoms with Gasteiger partial charge in [0.15, 0.2) is 5.58 Å². The van der Waals surface area contributed by atoms with Gasteiger partial charge in [-0.2, -0.15) is 0 Å². The lowest BCUT2D eigenvalue weighted by molar-refractivity contribution is 0.660. The minimum absolute atomic E-state index is 0.164. The highest BCUT2D eigenvalue weighted by Crippen LogP contribution is 2.53. The molecule has 60 heavy (non-hydrogen) atoms. The first-order valence-corrected chi connectivity index (χ1v) is 20.7. The number of nitrogens with zero attached hydrogens (tertiary/aromatic N) is 1. The summed E-state index contributed by atoms with van der Waals surface area (Å²) in [7, 11) is 0. The van der Waals surface area contributed by atoms with Gasteiger partial charge in [0.2, 0.25) is 0 Å². The minimum Gasteiger partial charge on any atom is -0.456 e. The van der Waals surface area contributed by atoms with E-state index in [0.29, 0.717) is 0 Å². The molecule has 0 fully saturated rings. The lowest BCUT2D eigenvalue weighted by Crippen LogP contribution is -2.16. The molecule has 2 heterocycles. The van der Waals surface area contributed by atoms with Gasteiger partial charge < -0.3 is 13.7 Å². The molecule has 0 amide bonds. The van der Waals surface area contributed by atoms with Crippen molar-refractivity contribution >= 4 is 60.9 Å². The van der Waals surface area contributed by atoms with Crippen LogP contribution in [0.1, 0.15) is 25.0 Å². The van der Waals surface area contributed by atoms with Gasteiger partial charge in [-0.05, 0) is 104 Å². The van der Waals surface area contributed by atoms with Crippen LogP contribution in [-0.4, -0.2) is 0 Å². The summed E-state index contributed by atoms with van der Waals surface area (Å²) in [5.41, 5.74) is 18.5. The molecule has 3 nitrogen and oxygen atoms in total. The third kappa shape index (κ3) is 5.22. The molecule has 0 saturated heterocycles. The molecule has 0 saturated carbocycles. The van der Waals surface area contributed by atoms with E-state index >= 15 is 0 Å². The van der Waals surface area contributed by atoms with Crippen molar-refractivity contribution in [3.8, 4) is 44.5 Å². The molecule has 9 aromatic carbocycles. The number of fused-ring (bicyclic) bond motifs is 10. The van der Waals surface area contributed by atoms with Crippen molar-refractivity contribution in [2.24, 2.45) is 0 Å². The van der Waals surface area contributed by atoms with Crippen LogP contribution in [0.3, 0.4) is 0 Å². The Morgan fingerprint density at radius 3 is 1.65 bits per heavy atom. The number of hydrogen-bond acceptors (Lipinski definition) is 3. The lowest BCUT2D eigenvalue weighted by atomic mass is 9.82. The summed E-state index contributed by atoms with van der Waals surface area (Å²) in [6.45, 7) is 4.69. The lowest BCUT2D eigenvalue weighted by Gasteiger charge is -2.28. The Bertz CT molecular complexity index is 3430. The summed E-state index contributed by atoms with van der Waals surface area (Å²) < 4.78 is 13.7. The molecule has 1 aliphatic rings. The summed E-state index contributed by atoms with van der Waals surface area (Å²) in [5.74, 6) is 0. The fourth-order valence-electron chi connectivity index (χ4n) is 9.75. The highest BCUT2D eigenvalue weighted by molar-refractivity contribution is 6.29. The molecule has 0 spiro atoms. The summed E-state index contributed by atoms with van der Waals surface area (Å²) in [6, 6.07) is 71.8. The van der Waals surface area contributed by atoms with Crippen LogP contribution >= 0.6 is 0 Å². The molecule has 0 aliphatic heterocycles. The second kappa shape index (κ2) is 13.2. The van der Waals surface area contributed by atoms with Crippen LogP contribution in [-0.2, 0) is 5.41 Å². The summed E-state index contributed by atoms with van der Waals surface area (Å²) >= 11 is 0. The first-order valence-electron chi connectivity index (χ1n) is 20.7. The number of benzene rings is 9. The monoisotopic (exact) mass is 769 g/mol. The SMILES string of the molecule is CC1(C)c2ccccc2-c2ccc(N(c3ccc(-c4ccccc4)cc3)c3ccc(-c4ccc(-c5ccccc5)cc4)c4c3oc3ccc5oc6ccccc6c5c34)cc21. The largest absolute Gasteiger partial charge is 0.456 e. The van der Waals surface area contributed by atoms with Crippen molar-refractivity contribution in [2.75, 3.05) is 4.90 Å². The van der Waals surface area contributed by atoms with Gasteiger partial charge in [0.25, 0.3) is 0 Å². The van der Waals surface area contributed by atoms with Gasteiger partial charge in [-0.3, -0.25) is 0 Å². The van der Waals surface area contributed by atoms with Crippen LogP contribution in [0.5, 0.6) is 0 Å². The van der Waals surface area contributed by atoms with Crippen molar-refractivity contribution in [1.29, 1.82) is 0 Å². The van der Waals surface area contributed by atoms with Crippen LogP contribution in [0.4, 0.5) is 17.1 Å². The predicted molar refractivity (Wildman–Crippen MR) is 250 cm³/mol. The molecule has 0 bridgehead atoms. The van der Waals surface area contributed by atoms with Crippen molar-refractivity contribution in [1.82, 2.24) is 0 Å². The number of rotatable bonds is 6. The van der Waals surface area contributed by atoms with E-state index in [2.05, 4.69) is 201 Å². The minimum atomic E-state index is -0.164. The normalized spacial score (nSPS) is 13.0. The van der Waals surface area contributed by atoms with Crippen LogP contribution < -0.4 is 4.90 Å². The summed E-state index contributed by atoms with van der Waals surface area (Å²) in [6.07, 6.45) is 0. The summed E-state index contributed by atoms with van der Waals surface area (Å²) in [4.78, 5) is 2.38. The Morgan fingerprint density at radius 1 is 0.367 bits per heavy atom. The van der Waals surface area contributed by atoms with Gasteiger partial charge in [0, 0.05) is 38.3 Å². The fourth-order valence-corrected chi connectivity index (χ4v) is 9.75. The maximum Gasteiger partial charge on any atom is 0.160 e. The highest BCUT2D eigenvalue weighted by atomic mass is 16.3. The van der Waals surface area contributed by atoms with Crippen LogP contribution in [0, 0.1) is 0 Å². The second-order valence-corrected chi connectivity index (χ2v) is 16.4. The quantitative estimate of drug-likeness (QED) is 0.169. The molecule has 2 aromatic heterocycles. The Kier molecular flexibility index (Phi) is 7.58. The first kappa shape index (κ1) is 34.4. The number of furan rings is 2. The topological polar surface area (TPSA) is 29.5 Å². The fraction of sp³-hybridized carbons (Fsp3) is 0.0526. The smallest absolute Gasteiger partial charge is 0.160 e. The molecule has 11 aromatic rings. The van der Waals surface area contributed by atoms with Crippen LogP contribution in [0.2, 0.25) is 0 Å². The van der Waals surface area contributed by atoms with E-state index in [1.807, 2.05) is 18.2 Å². The third-order valence-electron chi connectivity index (χ3n) is 12.7. The summed E-state index contributed by atoms with van der Waals surface area (Å²) in [5, 5.41) is 4.26. The van der Waals surface area contributed by atoms with Gasteiger partial charge in [-0.1, -0.05) is 166 Å². The zero-order valence-electron chi connectivity index (χ0n) is 33.3. The molecule has 0 unspecified atom stereocenters. The van der Waals surface area contributed by atoms with E-state index in [0.717, 1.165) is 72.1 Å². The average Bonchev–Trinajstić information content (AvgIpc) is 3.95. The number of hydrogen-bond donors (Lipinski definition) is 0.